The summed E-state index contributed by atoms with van der Waals surface area (Å²) in [5, 5.41) is 11.0. The normalized spacial score (nSPS) is 13.0. The van der Waals surface area contributed by atoms with Gasteiger partial charge in [0.2, 0.25) is 0 Å². The van der Waals surface area contributed by atoms with Gasteiger partial charge in [0, 0.05) is 20.9 Å². The molecule has 1 nitrogen and oxygen atoms in total. The molecule has 0 aliphatic heterocycles. The third-order valence-corrected chi connectivity index (χ3v) is 2.64. The lowest BCUT2D eigenvalue weighted by Crippen LogP contribution is -1.98. The molecule has 0 aliphatic carbocycles. The van der Waals surface area contributed by atoms with Crippen molar-refractivity contribution in [3.05, 3.63) is 33.8 Å². The predicted molar refractivity (Wildman–Crippen MR) is 55.2 cm³/mol. The van der Waals surface area contributed by atoms with Crippen LogP contribution in [0.4, 0.5) is 0 Å². The summed E-state index contributed by atoms with van der Waals surface area (Å²) in [4.78, 5) is 0. The molecule has 0 radical (unpaired) electrons. The van der Waals surface area contributed by atoms with E-state index in [2.05, 4.69) is 15.9 Å². The van der Waals surface area contributed by atoms with Crippen LogP contribution in [0.15, 0.2) is 18.2 Å². The molecule has 0 spiro atoms. The SMILES string of the molecule is OC(CBr)c1ccc(Cl)cc1Cl. The lowest BCUT2D eigenvalue weighted by atomic mass is 10.1. The second-order valence-electron chi connectivity index (χ2n) is 2.34. The molecule has 1 aromatic carbocycles. The van der Waals surface area contributed by atoms with Crippen molar-refractivity contribution in [3.8, 4) is 0 Å². The van der Waals surface area contributed by atoms with E-state index in [1.165, 1.54) is 0 Å². The van der Waals surface area contributed by atoms with Crippen molar-refractivity contribution in [2.45, 2.75) is 6.10 Å². The molecule has 0 aromatic heterocycles. The quantitative estimate of drug-likeness (QED) is 0.816. The molecular formula is C8H7BrCl2O. The van der Waals surface area contributed by atoms with Gasteiger partial charge in [-0.25, -0.2) is 0 Å². The van der Waals surface area contributed by atoms with E-state index in [1.54, 1.807) is 18.2 Å². The average molecular weight is 270 g/mol. The van der Waals surface area contributed by atoms with Crippen molar-refractivity contribution in [2.75, 3.05) is 5.33 Å². The molecular weight excluding hydrogens is 263 g/mol. The Morgan fingerprint density at radius 1 is 1.42 bits per heavy atom. The highest BCUT2D eigenvalue weighted by Crippen LogP contribution is 2.26. The zero-order valence-electron chi connectivity index (χ0n) is 6.10. The Hall–Kier alpha value is 0.240. The van der Waals surface area contributed by atoms with E-state index < -0.39 is 6.10 Å². The number of halogens is 3. The molecule has 1 unspecified atom stereocenters. The Balaban J connectivity index is 3.01. The molecule has 0 bridgehead atoms. The summed E-state index contributed by atoms with van der Waals surface area (Å²) >= 11 is 14.7. The highest BCUT2D eigenvalue weighted by atomic mass is 79.9. The molecule has 1 rings (SSSR count). The van der Waals surface area contributed by atoms with E-state index in [9.17, 15) is 5.11 Å². The van der Waals surface area contributed by atoms with Crippen LogP contribution >= 0.6 is 39.1 Å². The minimum absolute atomic E-state index is 0.467. The van der Waals surface area contributed by atoms with E-state index in [-0.39, 0.29) is 0 Å². The molecule has 1 N–H and O–H groups in total. The molecule has 1 atom stereocenters. The Morgan fingerprint density at radius 2 is 2.08 bits per heavy atom. The first-order valence-corrected chi connectivity index (χ1v) is 5.22. The van der Waals surface area contributed by atoms with Gasteiger partial charge >= 0.3 is 0 Å². The van der Waals surface area contributed by atoms with Gasteiger partial charge < -0.3 is 5.11 Å². The highest BCUT2D eigenvalue weighted by Gasteiger charge is 2.09. The van der Waals surface area contributed by atoms with Crippen molar-refractivity contribution >= 4 is 39.1 Å². The van der Waals surface area contributed by atoms with Crippen LogP contribution in [0.5, 0.6) is 0 Å². The standard InChI is InChI=1S/C8H7BrCl2O/c9-4-8(12)6-2-1-5(10)3-7(6)11/h1-3,8,12H,4H2. The summed E-state index contributed by atoms with van der Waals surface area (Å²) in [7, 11) is 0. The summed E-state index contributed by atoms with van der Waals surface area (Å²) in [6, 6.07) is 5.04. The zero-order chi connectivity index (χ0) is 9.14. The molecule has 0 fully saturated rings. The second-order valence-corrected chi connectivity index (χ2v) is 3.83. The van der Waals surface area contributed by atoms with Crippen LogP contribution in [0.3, 0.4) is 0 Å². The van der Waals surface area contributed by atoms with Crippen LogP contribution in [-0.4, -0.2) is 10.4 Å². The molecule has 0 heterocycles. The van der Waals surface area contributed by atoms with Crippen molar-refractivity contribution in [1.29, 1.82) is 0 Å². The van der Waals surface area contributed by atoms with Crippen molar-refractivity contribution in [3.63, 3.8) is 0 Å². The number of hydrogen-bond acceptors (Lipinski definition) is 1. The van der Waals surface area contributed by atoms with Gasteiger partial charge in [0.1, 0.15) is 0 Å². The van der Waals surface area contributed by atoms with Crippen molar-refractivity contribution < 1.29 is 5.11 Å². The third-order valence-electron chi connectivity index (χ3n) is 1.47. The van der Waals surface area contributed by atoms with Crippen LogP contribution in [0.25, 0.3) is 0 Å². The first-order valence-electron chi connectivity index (χ1n) is 3.34. The first kappa shape index (κ1) is 10.3. The Kier molecular flexibility index (Phi) is 3.84. The van der Waals surface area contributed by atoms with E-state index in [0.29, 0.717) is 20.9 Å². The topological polar surface area (TPSA) is 20.2 Å². The maximum atomic E-state index is 9.43. The summed E-state index contributed by atoms with van der Waals surface area (Å²) in [6.07, 6.45) is -0.574. The van der Waals surface area contributed by atoms with E-state index in [4.69, 9.17) is 23.2 Å². The van der Waals surface area contributed by atoms with E-state index in [0.717, 1.165) is 0 Å². The zero-order valence-corrected chi connectivity index (χ0v) is 9.20. The first-order chi connectivity index (χ1) is 5.65. The summed E-state index contributed by atoms with van der Waals surface area (Å²) in [5.74, 6) is 0. The maximum Gasteiger partial charge on any atom is 0.0901 e. The molecule has 0 saturated carbocycles. The number of alkyl halides is 1. The van der Waals surface area contributed by atoms with Gasteiger partial charge in [-0.1, -0.05) is 45.2 Å². The molecule has 12 heavy (non-hydrogen) atoms. The van der Waals surface area contributed by atoms with Gasteiger partial charge in [-0.05, 0) is 12.1 Å². The third kappa shape index (κ3) is 2.36. The second kappa shape index (κ2) is 4.47. The smallest absolute Gasteiger partial charge is 0.0901 e. The van der Waals surface area contributed by atoms with Crippen LogP contribution in [0.2, 0.25) is 10.0 Å². The van der Waals surface area contributed by atoms with E-state index in [1.807, 2.05) is 0 Å². The van der Waals surface area contributed by atoms with Gasteiger partial charge in [0.15, 0.2) is 0 Å². The number of aliphatic hydroxyl groups is 1. The summed E-state index contributed by atoms with van der Waals surface area (Å²) < 4.78 is 0. The van der Waals surface area contributed by atoms with Crippen LogP contribution in [0.1, 0.15) is 11.7 Å². The molecule has 0 amide bonds. The predicted octanol–water partition coefficient (Wildman–Crippen LogP) is 3.42. The number of rotatable bonds is 2. The molecule has 4 heteroatoms. The minimum Gasteiger partial charge on any atom is -0.387 e. The molecule has 66 valence electrons. The molecule has 0 aliphatic rings. The number of aliphatic hydroxyl groups excluding tert-OH is 1. The van der Waals surface area contributed by atoms with Crippen LogP contribution in [-0.2, 0) is 0 Å². The fraction of sp³-hybridized carbons (Fsp3) is 0.250. The van der Waals surface area contributed by atoms with Gasteiger partial charge in [-0.15, -0.1) is 0 Å². The van der Waals surface area contributed by atoms with Gasteiger partial charge in [0.05, 0.1) is 6.10 Å². The number of benzene rings is 1. The average Bonchev–Trinajstić information content (AvgIpc) is 2.03. The largest absolute Gasteiger partial charge is 0.387 e. The Labute approximate surface area is 89.4 Å². The monoisotopic (exact) mass is 268 g/mol. The maximum absolute atomic E-state index is 9.43. The van der Waals surface area contributed by atoms with Gasteiger partial charge in [-0.3, -0.25) is 0 Å². The lowest BCUT2D eigenvalue weighted by Gasteiger charge is -2.08. The summed E-state index contributed by atoms with van der Waals surface area (Å²) in [6.45, 7) is 0. The summed E-state index contributed by atoms with van der Waals surface area (Å²) in [5.41, 5.74) is 0.693. The van der Waals surface area contributed by atoms with Gasteiger partial charge in [0.25, 0.3) is 0 Å². The van der Waals surface area contributed by atoms with Crippen LogP contribution in [0, 0.1) is 0 Å². The van der Waals surface area contributed by atoms with Crippen molar-refractivity contribution in [1.82, 2.24) is 0 Å². The lowest BCUT2D eigenvalue weighted by molar-refractivity contribution is 0.205. The van der Waals surface area contributed by atoms with Crippen molar-refractivity contribution in [2.24, 2.45) is 0 Å². The highest BCUT2D eigenvalue weighted by molar-refractivity contribution is 9.09. The minimum atomic E-state index is -0.574. The fourth-order valence-electron chi connectivity index (χ4n) is 0.855. The number of hydrogen-bond donors (Lipinski definition) is 1. The molecule has 0 saturated heterocycles. The van der Waals surface area contributed by atoms with E-state index >= 15 is 0 Å². The fourth-order valence-corrected chi connectivity index (χ4v) is 1.74. The Morgan fingerprint density at radius 3 is 2.58 bits per heavy atom. The van der Waals surface area contributed by atoms with Crippen LogP contribution < -0.4 is 0 Å². The Bertz CT molecular complexity index is 278. The van der Waals surface area contributed by atoms with Gasteiger partial charge in [-0.2, -0.15) is 0 Å². The molecule has 1 aromatic rings.